The number of methoxy groups -OCH3 is 2. The van der Waals surface area contributed by atoms with Gasteiger partial charge in [0, 0.05) is 45.6 Å². The van der Waals surface area contributed by atoms with Crippen molar-refractivity contribution in [1.82, 2.24) is 24.6 Å². The quantitative estimate of drug-likeness (QED) is 0.481. The number of likely N-dealkylation sites (tertiary alicyclic amines) is 1. The first-order valence-corrected chi connectivity index (χ1v) is 12.1. The summed E-state index contributed by atoms with van der Waals surface area (Å²) < 4.78 is 12.3. The minimum absolute atomic E-state index is 0.0585. The molecule has 0 spiro atoms. The molecule has 0 bridgehead atoms. The average molecular weight is 492 g/mol. The highest BCUT2D eigenvalue weighted by Crippen LogP contribution is 2.29. The molecule has 1 saturated heterocycles. The molecule has 1 aliphatic heterocycles. The minimum atomic E-state index is -0.109. The number of rotatable bonds is 8. The first kappa shape index (κ1) is 25.2. The molecule has 1 aromatic carbocycles. The Kier molecular flexibility index (Phi) is 7.87. The monoisotopic (exact) mass is 491 g/mol. The van der Waals surface area contributed by atoms with Gasteiger partial charge < -0.3 is 19.3 Å². The molecular weight excluding hydrogens is 458 g/mol. The molecule has 9 heteroatoms. The number of ether oxygens (including phenoxy) is 2. The number of amides is 2. The molecule has 2 amide bonds. The first-order chi connectivity index (χ1) is 17.4. The summed E-state index contributed by atoms with van der Waals surface area (Å²) in [5.41, 5.74) is 1.99. The number of likely N-dealkylation sites (N-methyl/N-ethyl adjacent to an activating group) is 1. The van der Waals surface area contributed by atoms with E-state index in [2.05, 4.69) is 16.1 Å². The van der Waals surface area contributed by atoms with Crippen LogP contribution in [0.5, 0.6) is 11.6 Å². The van der Waals surface area contributed by atoms with Crippen molar-refractivity contribution in [3.05, 3.63) is 71.7 Å². The topological polar surface area (TPSA) is 89.8 Å². The zero-order valence-electron chi connectivity index (χ0n) is 21.3. The largest absolute Gasteiger partial charge is 0.497 e. The maximum atomic E-state index is 13.3. The van der Waals surface area contributed by atoms with Crippen LogP contribution in [-0.2, 0) is 13.5 Å². The fraction of sp³-hybridized carbons (Fsp3) is 0.407. The predicted molar refractivity (Wildman–Crippen MR) is 135 cm³/mol. The van der Waals surface area contributed by atoms with Gasteiger partial charge in [-0.1, -0.05) is 12.1 Å². The van der Waals surface area contributed by atoms with Crippen molar-refractivity contribution in [2.45, 2.75) is 25.3 Å². The van der Waals surface area contributed by atoms with Crippen LogP contribution < -0.4 is 9.47 Å². The third-order valence-corrected chi connectivity index (χ3v) is 6.90. The summed E-state index contributed by atoms with van der Waals surface area (Å²) in [5, 5.41) is 4.31. The molecule has 190 valence electrons. The van der Waals surface area contributed by atoms with Gasteiger partial charge in [0.2, 0.25) is 5.88 Å². The second-order valence-corrected chi connectivity index (χ2v) is 9.10. The van der Waals surface area contributed by atoms with Crippen LogP contribution in [-0.4, -0.2) is 76.8 Å². The molecule has 0 saturated carbocycles. The van der Waals surface area contributed by atoms with Crippen molar-refractivity contribution in [1.29, 1.82) is 0 Å². The van der Waals surface area contributed by atoms with E-state index in [1.165, 1.54) is 7.11 Å². The first-order valence-electron chi connectivity index (χ1n) is 12.1. The number of carbonyl (C=O) groups is 2. The fourth-order valence-corrected chi connectivity index (χ4v) is 4.90. The Morgan fingerprint density at radius 2 is 1.89 bits per heavy atom. The summed E-state index contributed by atoms with van der Waals surface area (Å²) in [4.78, 5) is 34.3. The van der Waals surface area contributed by atoms with E-state index in [0.29, 0.717) is 36.6 Å². The van der Waals surface area contributed by atoms with Crippen molar-refractivity contribution in [2.24, 2.45) is 13.0 Å². The minimum Gasteiger partial charge on any atom is -0.497 e. The molecule has 0 aliphatic carbocycles. The van der Waals surface area contributed by atoms with Crippen LogP contribution in [0.1, 0.15) is 39.3 Å². The van der Waals surface area contributed by atoms with Gasteiger partial charge in [0.25, 0.3) is 11.8 Å². The van der Waals surface area contributed by atoms with Crippen LogP contribution in [0.25, 0.3) is 0 Å². The van der Waals surface area contributed by atoms with Gasteiger partial charge in [0.05, 0.1) is 14.2 Å². The van der Waals surface area contributed by atoms with Gasteiger partial charge in [-0.2, -0.15) is 5.10 Å². The third-order valence-electron chi connectivity index (χ3n) is 6.90. The lowest BCUT2D eigenvalue weighted by Gasteiger charge is -2.40. The van der Waals surface area contributed by atoms with Gasteiger partial charge in [-0.15, -0.1) is 0 Å². The van der Waals surface area contributed by atoms with Gasteiger partial charge >= 0.3 is 0 Å². The molecule has 0 N–H and O–H groups in total. The summed E-state index contributed by atoms with van der Waals surface area (Å²) >= 11 is 0. The number of benzene rings is 1. The highest BCUT2D eigenvalue weighted by atomic mass is 16.5. The second-order valence-electron chi connectivity index (χ2n) is 9.10. The maximum absolute atomic E-state index is 13.3. The summed E-state index contributed by atoms with van der Waals surface area (Å²) in [6.07, 6.45) is 5.63. The normalized spacial score (nSPS) is 14.8. The molecule has 1 unspecified atom stereocenters. The molecule has 36 heavy (non-hydrogen) atoms. The lowest BCUT2D eigenvalue weighted by Crippen LogP contribution is -2.48. The standard InChI is InChI=1S/C27H33N5O4/c1-30-14-12-23(29-30)27(34)31(2)24(18-19-7-5-8-21(17-19)35-3)20-10-15-32(16-11-20)26(33)22-9-6-13-28-25(22)36-4/h5-9,12-14,17,20,24H,10-11,15-16,18H2,1-4H3. The average Bonchev–Trinajstić information content (AvgIpc) is 3.36. The van der Waals surface area contributed by atoms with Crippen LogP contribution >= 0.6 is 0 Å². The summed E-state index contributed by atoms with van der Waals surface area (Å²) in [5.74, 6) is 1.15. The van der Waals surface area contributed by atoms with Crippen molar-refractivity contribution in [3.63, 3.8) is 0 Å². The zero-order valence-corrected chi connectivity index (χ0v) is 21.3. The number of pyridine rings is 1. The SMILES string of the molecule is COc1cccc(CC(C2CCN(C(=O)c3cccnc3OC)CC2)N(C)C(=O)c2ccn(C)n2)c1. The van der Waals surface area contributed by atoms with Crippen LogP contribution in [0.4, 0.5) is 0 Å². The van der Waals surface area contributed by atoms with Crippen LogP contribution in [0.15, 0.2) is 54.9 Å². The number of aromatic nitrogens is 3. The van der Waals surface area contributed by atoms with E-state index in [1.807, 2.05) is 35.0 Å². The van der Waals surface area contributed by atoms with Crippen LogP contribution in [0.2, 0.25) is 0 Å². The number of carbonyl (C=O) groups excluding carboxylic acids is 2. The Morgan fingerprint density at radius 3 is 2.56 bits per heavy atom. The summed E-state index contributed by atoms with van der Waals surface area (Å²) in [6.45, 7) is 1.20. The molecule has 3 aromatic rings. The predicted octanol–water partition coefficient (Wildman–Crippen LogP) is 3.07. The van der Waals surface area contributed by atoms with Gasteiger partial charge in [-0.25, -0.2) is 4.98 Å². The number of hydrogen-bond acceptors (Lipinski definition) is 6. The van der Waals surface area contributed by atoms with Gasteiger partial charge in [0.15, 0.2) is 0 Å². The maximum Gasteiger partial charge on any atom is 0.274 e. The van der Waals surface area contributed by atoms with Crippen molar-refractivity contribution >= 4 is 11.8 Å². The van der Waals surface area contributed by atoms with E-state index in [4.69, 9.17) is 9.47 Å². The fourth-order valence-electron chi connectivity index (χ4n) is 4.90. The molecule has 2 aromatic heterocycles. The molecule has 3 heterocycles. The Hall–Kier alpha value is -3.88. The summed E-state index contributed by atoms with van der Waals surface area (Å²) in [6, 6.07) is 13.1. The number of aryl methyl sites for hydroxylation is 1. The Balaban J connectivity index is 1.52. The van der Waals surface area contributed by atoms with Crippen molar-refractivity contribution in [3.8, 4) is 11.6 Å². The molecule has 1 fully saturated rings. The van der Waals surface area contributed by atoms with E-state index in [0.717, 1.165) is 24.2 Å². The Morgan fingerprint density at radius 1 is 1.11 bits per heavy atom. The number of hydrogen-bond donors (Lipinski definition) is 0. The smallest absolute Gasteiger partial charge is 0.274 e. The van der Waals surface area contributed by atoms with E-state index in [1.54, 1.807) is 49.4 Å². The van der Waals surface area contributed by atoms with E-state index < -0.39 is 0 Å². The van der Waals surface area contributed by atoms with Crippen molar-refractivity contribution in [2.75, 3.05) is 34.4 Å². The molecule has 1 atom stereocenters. The molecule has 0 radical (unpaired) electrons. The van der Waals surface area contributed by atoms with E-state index in [-0.39, 0.29) is 23.8 Å². The molecule has 1 aliphatic rings. The van der Waals surface area contributed by atoms with Crippen molar-refractivity contribution < 1.29 is 19.1 Å². The number of piperidine rings is 1. The lowest BCUT2D eigenvalue weighted by atomic mass is 9.84. The number of nitrogens with zero attached hydrogens (tertiary/aromatic N) is 5. The lowest BCUT2D eigenvalue weighted by molar-refractivity contribution is 0.0517. The van der Waals surface area contributed by atoms with E-state index in [9.17, 15) is 9.59 Å². The van der Waals surface area contributed by atoms with Gasteiger partial charge in [-0.05, 0) is 61.1 Å². The molecule has 9 nitrogen and oxygen atoms in total. The zero-order chi connectivity index (χ0) is 25.7. The second kappa shape index (κ2) is 11.2. The Labute approximate surface area is 211 Å². The Bertz CT molecular complexity index is 1200. The summed E-state index contributed by atoms with van der Waals surface area (Å²) in [7, 11) is 6.81. The molecular formula is C27H33N5O4. The van der Waals surface area contributed by atoms with Crippen LogP contribution in [0.3, 0.4) is 0 Å². The van der Waals surface area contributed by atoms with Gasteiger partial charge in [-0.3, -0.25) is 14.3 Å². The molecule has 4 rings (SSSR count). The third kappa shape index (κ3) is 5.50. The van der Waals surface area contributed by atoms with Gasteiger partial charge in [0.1, 0.15) is 17.0 Å². The highest BCUT2D eigenvalue weighted by Gasteiger charge is 2.34. The van der Waals surface area contributed by atoms with E-state index >= 15 is 0 Å². The highest BCUT2D eigenvalue weighted by molar-refractivity contribution is 5.96. The van der Waals surface area contributed by atoms with Crippen LogP contribution in [0, 0.1) is 5.92 Å².